The van der Waals surface area contributed by atoms with Crippen molar-refractivity contribution in [3.05, 3.63) is 118 Å². The summed E-state index contributed by atoms with van der Waals surface area (Å²) in [6.45, 7) is 0. The molecule has 0 radical (unpaired) electrons. The minimum atomic E-state index is -1.32. The second-order valence-electron chi connectivity index (χ2n) is 8.02. The zero-order valence-electron chi connectivity index (χ0n) is 19.7. The van der Waals surface area contributed by atoms with Gasteiger partial charge in [0.1, 0.15) is 5.75 Å². The average molecular weight is 537 g/mol. The number of anilines is 3. The average Bonchev–Trinajstić information content (AvgIpc) is 2.90. The molecule has 0 aromatic heterocycles. The Labute approximate surface area is 220 Å². The first-order chi connectivity index (χ1) is 18.2. The van der Waals surface area contributed by atoms with E-state index in [9.17, 15) is 28.3 Å². The van der Waals surface area contributed by atoms with E-state index in [2.05, 4.69) is 10.6 Å². The Hall–Kier alpha value is -4.76. The van der Waals surface area contributed by atoms with Crippen LogP contribution in [0.1, 0.15) is 36.6 Å². The molecular weight excluding hydrogens is 518 g/mol. The Bertz CT molecular complexity index is 1560. The maximum absolute atomic E-state index is 13.5. The number of carboxylic acid groups (broad SMARTS) is 1. The maximum Gasteiger partial charge on any atom is 0.337 e. The summed E-state index contributed by atoms with van der Waals surface area (Å²) >= 11 is 5.94. The molecule has 38 heavy (non-hydrogen) atoms. The Balaban J connectivity index is 1.52. The molecule has 0 saturated carbocycles. The number of carboxylic acids is 1. The van der Waals surface area contributed by atoms with Crippen molar-refractivity contribution in [2.24, 2.45) is 0 Å². The number of amides is 1. The molecule has 10 heteroatoms. The molecule has 0 unspecified atom stereocenters. The molecule has 4 rings (SSSR count). The zero-order valence-corrected chi connectivity index (χ0v) is 20.5. The molecule has 0 saturated heterocycles. The van der Waals surface area contributed by atoms with Crippen LogP contribution in [-0.2, 0) is 0 Å². The summed E-state index contributed by atoms with van der Waals surface area (Å²) in [7, 11) is 1.42. The van der Waals surface area contributed by atoms with Crippen LogP contribution in [0, 0.1) is 11.6 Å². The van der Waals surface area contributed by atoms with Crippen molar-refractivity contribution < 1.29 is 33.0 Å². The zero-order chi connectivity index (χ0) is 27.4. The van der Waals surface area contributed by atoms with E-state index in [0.29, 0.717) is 16.5 Å². The molecule has 7 nitrogen and oxygen atoms in total. The van der Waals surface area contributed by atoms with Gasteiger partial charge in [-0.1, -0.05) is 11.6 Å². The van der Waals surface area contributed by atoms with Crippen molar-refractivity contribution in [2.45, 2.75) is 0 Å². The van der Waals surface area contributed by atoms with Crippen molar-refractivity contribution in [3.8, 4) is 5.75 Å². The summed E-state index contributed by atoms with van der Waals surface area (Å²) in [5.74, 6) is -4.04. The van der Waals surface area contributed by atoms with Crippen LogP contribution in [-0.4, -0.2) is 29.9 Å². The van der Waals surface area contributed by atoms with Gasteiger partial charge in [0.05, 0.1) is 23.9 Å². The van der Waals surface area contributed by atoms with E-state index in [1.165, 1.54) is 67.8 Å². The topological polar surface area (TPSA) is 105 Å². The number of hydrogen-bond donors (Lipinski definition) is 3. The quantitative estimate of drug-likeness (QED) is 0.220. The molecule has 0 atom stereocenters. The van der Waals surface area contributed by atoms with E-state index >= 15 is 0 Å². The van der Waals surface area contributed by atoms with Crippen molar-refractivity contribution in [2.75, 3.05) is 17.7 Å². The van der Waals surface area contributed by atoms with Gasteiger partial charge in [-0.2, -0.15) is 0 Å². The second kappa shape index (κ2) is 11.1. The third-order valence-corrected chi connectivity index (χ3v) is 5.76. The highest BCUT2D eigenvalue weighted by Crippen LogP contribution is 2.26. The van der Waals surface area contributed by atoms with Crippen LogP contribution >= 0.6 is 11.6 Å². The van der Waals surface area contributed by atoms with Gasteiger partial charge in [-0.05, 0) is 72.8 Å². The number of benzene rings is 4. The lowest BCUT2D eigenvalue weighted by molar-refractivity contribution is 0.0697. The van der Waals surface area contributed by atoms with E-state index in [4.69, 9.17) is 16.3 Å². The fourth-order valence-corrected chi connectivity index (χ4v) is 3.79. The van der Waals surface area contributed by atoms with E-state index in [-0.39, 0.29) is 33.6 Å². The van der Waals surface area contributed by atoms with Gasteiger partial charge in [0.2, 0.25) is 0 Å². The minimum absolute atomic E-state index is 0.0933. The third kappa shape index (κ3) is 5.79. The molecule has 0 fully saturated rings. The highest BCUT2D eigenvalue weighted by atomic mass is 35.5. The standard InChI is InChI=1S/C28H19ClF2N2O5/c1-38-25-13-17(29)5-9-20(25)27(35)33-18-6-2-15(3-7-18)26(34)16-4-11-24(21(12-16)28(36)37)32-19-8-10-22(30)23(31)14-19/h2-14,32H,1H3,(H,33,35)(H,36,37). The number of nitrogens with one attached hydrogen (secondary N) is 2. The predicted molar refractivity (Wildman–Crippen MR) is 139 cm³/mol. The Morgan fingerprint density at radius 2 is 1.47 bits per heavy atom. The van der Waals surface area contributed by atoms with Gasteiger partial charge < -0.3 is 20.5 Å². The number of carbonyl (C=O) groups excluding carboxylic acids is 2. The van der Waals surface area contributed by atoms with Crippen molar-refractivity contribution in [1.82, 2.24) is 0 Å². The van der Waals surface area contributed by atoms with Crippen LogP contribution in [0.25, 0.3) is 0 Å². The molecule has 0 spiro atoms. The molecule has 0 aliphatic heterocycles. The SMILES string of the molecule is COc1cc(Cl)ccc1C(=O)Nc1ccc(C(=O)c2ccc(Nc3ccc(F)c(F)c3)c(C(=O)O)c2)cc1. The summed E-state index contributed by atoms with van der Waals surface area (Å²) in [5.41, 5.74) is 1.04. The maximum atomic E-state index is 13.5. The van der Waals surface area contributed by atoms with Crippen molar-refractivity contribution in [1.29, 1.82) is 0 Å². The third-order valence-electron chi connectivity index (χ3n) is 5.52. The van der Waals surface area contributed by atoms with Crippen LogP contribution in [0.2, 0.25) is 5.02 Å². The summed E-state index contributed by atoms with van der Waals surface area (Å²) in [6.07, 6.45) is 0. The highest BCUT2D eigenvalue weighted by Gasteiger charge is 2.18. The molecule has 4 aromatic rings. The summed E-state index contributed by atoms with van der Waals surface area (Å²) in [4.78, 5) is 37.5. The van der Waals surface area contributed by atoms with Crippen LogP contribution in [0.5, 0.6) is 5.75 Å². The van der Waals surface area contributed by atoms with E-state index in [0.717, 1.165) is 12.1 Å². The minimum Gasteiger partial charge on any atom is -0.496 e. The van der Waals surface area contributed by atoms with Crippen LogP contribution in [0.3, 0.4) is 0 Å². The van der Waals surface area contributed by atoms with Gasteiger partial charge in [0.15, 0.2) is 17.4 Å². The molecule has 0 aliphatic carbocycles. The molecule has 0 bridgehead atoms. The highest BCUT2D eigenvalue weighted by molar-refractivity contribution is 6.31. The number of ether oxygens (including phenoxy) is 1. The van der Waals surface area contributed by atoms with E-state index in [1.807, 2.05) is 0 Å². The smallest absolute Gasteiger partial charge is 0.337 e. The first-order valence-corrected chi connectivity index (χ1v) is 11.4. The van der Waals surface area contributed by atoms with Crippen LogP contribution < -0.4 is 15.4 Å². The summed E-state index contributed by atoms with van der Waals surface area (Å²) in [5, 5.41) is 15.5. The van der Waals surface area contributed by atoms with Gasteiger partial charge in [-0.25, -0.2) is 13.6 Å². The molecular formula is C28H19ClF2N2O5. The number of halogens is 3. The lowest BCUT2D eigenvalue weighted by atomic mass is 10.00. The number of hydrogen-bond acceptors (Lipinski definition) is 5. The first-order valence-electron chi connectivity index (χ1n) is 11.1. The molecule has 4 aromatic carbocycles. The molecule has 0 heterocycles. The molecule has 0 aliphatic rings. The number of carbonyl (C=O) groups is 3. The summed E-state index contributed by atoms with van der Waals surface area (Å²) < 4.78 is 31.9. The number of rotatable bonds is 8. The van der Waals surface area contributed by atoms with E-state index < -0.39 is 29.3 Å². The predicted octanol–water partition coefficient (Wildman–Crippen LogP) is 6.55. The van der Waals surface area contributed by atoms with Crippen molar-refractivity contribution in [3.63, 3.8) is 0 Å². The fraction of sp³-hybridized carbons (Fsp3) is 0.0357. The van der Waals surface area contributed by atoms with E-state index in [1.54, 1.807) is 6.07 Å². The largest absolute Gasteiger partial charge is 0.496 e. The normalized spacial score (nSPS) is 10.5. The monoisotopic (exact) mass is 536 g/mol. The van der Waals surface area contributed by atoms with Gasteiger partial charge in [-0.3, -0.25) is 9.59 Å². The van der Waals surface area contributed by atoms with Gasteiger partial charge in [0, 0.05) is 33.6 Å². The number of ketones is 1. The Morgan fingerprint density at radius 3 is 2.13 bits per heavy atom. The molecule has 3 N–H and O–H groups in total. The Kier molecular flexibility index (Phi) is 7.68. The lowest BCUT2D eigenvalue weighted by Gasteiger charge is -2.12. The lowest BCUT2D eigenvalue weighted by Crippen LogP contribution is -2.13. The number of methoxy groups -OCH3 is 1. The fourth-order valence-electron chi connectivity index (χ4n) is 3.62. The van der Waals surface area contributed by atoms with Gasteiger partial charge in [0.25, 0.3) is 5.91 Å². The van der Waals surface area contributed by atoms with Crippen molar-refractivity contribution >= 4 is 46.3 Å². The van der Waals surface area contributed by atoms with Gasteiger partial charge >= 0.3 is 5.97 Å². The van der Waals surface area contributed by atoms with Crippen LogP contribution in [0.15, 0.2) is 78.9 Å². The molecule has 1 amide bonds. The van der Waals surface area contributed by atoms with Gasteiger partial charge in [-0.15, -0.1) is 0 Å². The molecule has 192 valence electrons. The Morgan fingerprint density at radius 1 is 0.789 bits per heavy atom. The summed E-state index contributed by atoms with van der Waals surface area (Å²) in [6, 6.07) is 17.7. The second-order valence-corrected chi connectivity index (χ2v) is 8.46. The first kappa shape index (κ1) is 26.3. The van der Waals surface area contributed by atoms with Crippen LogP contribution in [0.4, 0.5) is 25.8 Å². The number of aromatic carboxylic acids is 1.